The van der Waals surface area contributed by atoms with E-state index in [1.807, 2.05) is 30.3 Å². The molecule has 5 nitrogen and oxygen atoms in total. The molecule has 0 amide bonds. The number of azide groups is 1. The van der Waals surface area contributed by atoms with Crippen molar-refractivity contribution in [2.24, 2.45) is 10.5 Å². The van der Waals surface area contributed by atoms with Crippen LogP contribution in [-0.4, -0.2) is 29.3 Å². The Balaban J connectivity index is 2.59. The molecule has 0 radical (unpaired) electrons. The fourth-order valence-corrected chi connectivity index (χ4v) is 5.95. The first-order chi connectivity index (χ1) is 16.8. The fraction of sp³-hybridized carbons (Fsp3) is 0.633. The minimum atomic E-state index is -1.96. The minimum Gasteiger partial charge on any atom is -0.412 e. The van der Waals surface area contributed by atoms with Crippen LogP contribution in [0.5, 0.6) is 0 Å². The van der Waals surface area contributed by atoms with Crippen molar-refractivity contribution in [2.75, 3.05) is 6.61 Å². The van der Waals surface area contributed by atoms with Gasteiger partial charge in [0.05, 0.1) is 12.7 Å². The lowest BCUT2D eigenvalue weighted by molar-refractivity contribution is 0.0839. The Morgan fingerprint density at radius 1 is 1.08 bits per heavy atom. The van der Waals surface area contributed by atoms with Crippen LogP contribution in [-0.2, 0) is 8.85 Å². The molecule has 0 heterocycles. The maximum Gasteiger partial charge on any atom is 0.192 e. The lowest BCUT2D eigenvalue weighted by Gasteiger charge is -2.45. The van der Waals surface area contributed by atoms with Gasteiger partial charge in [-0.1, -0.05) is 90.8 Å². The first-order valence-corrected chi connectivity index (χ1v) is 19.2. The van der Waals surface area contributed by atoms with Crippen LogP contribution in [0.15, 0.2) is 52.3 Å². The van der Waals surface area contributed by atoms with Crippen LogP contribution >= 0.6 is 0 Å². The lowest BCUT2D eigenvalue weighted by atomic mass is 9.75. The normalized spacial score (nSPS) is 18.4. The molecule has 0 saturated carbocycles. The molecule has 7 heteroatoms. The summed E-state index contributed by atoms with van der Waals surface area (Å²) in [5.74, 6) is 0. The average Bonchev–Trinajstić information content (AvgIpc) is 2.75. The molecule has 1 aromatic carbocycles. The second-order valence-electron chi connectivity index (χ2n) is 14.0. The Kier molecular flexibility index (Phi) is 9.74. The predicted molar refractivity (Wildman–Crippen MR) is 163 cm³/mol. The molecule has 1 aliphatic carbocycles. The highest BCUT2D eigenvalue weighted by molar-refractivity contribution is 6.74. The average molecular weight is 540 g/mol. The van der Waals surface area contributed by atoms with E-state index in [1.54, 1.807) is 0 Å². The molecule has 37 heavy (non-hydrogen) atoms. The van der Waals surface area contributed by atoms with Crippen molar-refractivity contribution in [3.63, 3.8) is 0 Å². The second kappa shape index (κ2) is 11.5. The van der Waals surface area contributed by atoms with Gasteiger partial charge >= 0.3 is 0 Å². The van der Waals surface area contributed by atoms with E-state index in [9.17, 15) is 0 Å². The summed E-state index contributed by atoms with van der Waals surface area (Å²) in [6.07, 6.45) is 6.31. The number of hydrogen-bond donors (Lipinski definition) is 0. The van der Waals surface area contributed by atoms with E-state index in [2.05, 4.69) is 103 Å². The molecule has 0 aromatic heterocycles. The van der Waals surface area contributed by atoms with Crippen molar-refractivity contribution >= 4 is 28.4 Å². The van der Waals surface area contributed by atoms with Gasteiger partial charge in [0.2, 0.25) is 0 Å². The Bertz CT molecular complexity index is 1110. The van der Waals surface area contributed by atoms with E-state index < -0.39 is 16.6 Å². The summed E-state index contributed by atoms with van der Waals surface area (Å²) in [6, 6.07) is 7.60. The maximum absolute atomic E-state index is 8.99. The van der Waals surface area contributed by atoms with Crippen molar-refractivity contribution in [1.29, 1.82) is 0 Å². The summed E-state index contributed by atoms with van der Waals surface area (Å²) in [5, 5.41) is 4.11. The molecule has 1 unspecified atom stereocenters. The topological polar surface area (TPSA) is 67.2 Å². The van der Waals surface area contributed by atoms with Gasteiger partial charge in [0, 0.05) is 16.2 Å². The van der Waals surface area contributed by atoms with Crippen LogP contribution in [0, 0.1) is 5.41 Å². The van der Waals surface area contributed by atoms with Crippen LogP contribution in [0.2, 0.25) is 36.3 Å². The van der Waals surface area contributed by atoms with E-state index >= 15 is 0 Å². The highest BCUT2D eigenvalue weighted by atomic mass is 28.4. The third-order valence-electron chi connectivity index (χ3n) is 8.65. The molecule has 0 N–H and O–H groups in total. The molecule has 1 aromatic rings. The first kappa shape index (κ1) is 31.4. The maximum atomic E-state index is 8.99. The van der Waals surface area contributed by atoms with Gasteiger partial charge in [0.15, 0.2) is 16.6 Å². The first-order valence-electron chi connectivity index (χ1n) is 13.4. The van der Waals surface area contributed by atoms with E-state index in [0.717, 1.165) is 24.0 Å². The zero-order valence-corrected chi connectivity index (χ0v) is 27.3. The monoisotopic (exact) mass is 539 g/mol. The van der Waals surface area contributed by atoms with Gasteiger partial charge in [-0.05, 0) is 77.3 Å². The number of hydrogen-bond acceptors (Lipinski definition) is 3. The summed E-state index contributed by atoms with van der Waals surface area (Å²) >= 11 is 0. The van der Waals surface area contributed by atoms with Crippen LogP contribution in [0.3, 0.4) is 0 Å². The Hall–Kier alpha value is -1.86. The highest BCUT2D eigenvalue weighted by Gasteiger charge is 2.43. The van der Waals surface area contributed by atoms with Crippen molar-refractivity contribution in [3.8, 4) is 0 Å². The van der Waals surface area contributed by atoms with E-state index in [1.165, 1.54) is 5.57 Å². The van der Waals surface area contributed by atoms with E-state index in [0.29, 0.717) is 12.3 Å². The van der Waals surface area contributed by atoms with E-state index in [4.69, 9.17) is 14.4 Å². The quantitative estimate of drug-likeness (QED) is 0.108. The smallest absolute Gasteiger partial charge is 0.192 e. The third-order valence-corrected chi connectivity index (χ3v) is 17.6. The second-order valence-corrected chi connectivity index (χ2v) is 23.6. The molecular formula is C30H49N3O2Si2. The summed E-state index contributed by atoms with van der Waals surface area (Å²) < 4.78 is 13.7. The van der Waals surface area contributed by atoms with Crippen LogP contribution in [0.25, 0.3) is 16.5 Å². The minimum absolute atomic E-state index is 0.0392. The van der Waals surface area contributed by atoms with Gasteiger partial charge in [0.25, 0.3) is 0 Å². The summed E-state index contributed by atoms with van der Waals surface area (Å²) in [7, 11) is -3.92. The van der Waals surface area contributed by atoms with Crippen molar-refractivity contribution < 1.29 is 8.85 Å². The van der Waals surface area contributed by atoms with Crippen LogP contribution in [0.4, 0.5) is 5.69 Å². The molecular weight excluding hydrogens is 491 g/mol. The van der Waals surface area contributed by atoms with Gasteiger partial charge in [0.1, 0.15) is 0 Å². The SMILES string of the molecule is CC1(C)CCC(C(=C=Cc2ccccc2N=[N+]=[N-])CO[Si](C)(C)C(C)(C)C)=CC1O[Si](C)(C)C(C)(C)C. The Morgan fingerprint density at radius 3 is 2.24 bits per heavy atom. The standard InChI is InChI=1S/C30H49N3O2Si2/c1-28(2,3)36(9,10)34-22-25(18-17-23-15-13-14-16-26(23)32-33-31)24-19-20-30(7,8)27(21-24)35-37(11,12)29(4,5)6/h13-17,21,27H,19-20,22H2,1-12H3. The van der Waals surface area contributed by atoms with Crippen LogP contribution in [0.1, 0.15) is 73.8 Å². The molecule has 0 fully saturated rings. The molecule has 1 atom stereocenters. The number of nitrogens with zero attached hydrogens (tertiary/aromatic N) is 3. The highest BCUT2D eigenvalue weighted by Crippen LogP contribution is 2.45. The molecule has 1 aliphatic rings. The van der Waals surface area contributed by atoms with Gasteiger partial charge in [-0.15, -0.1) is 5.73 Å². The number of rotatable bonds is 8. The van der Waals surface area contributed by atoms with Crippen LogP contribution < -0.4 is 0 Å². The predicted octanol–water partition coefficient (Wildman–Crippen LogP) is 10.3. The molecule has 2 rings (SSSR count). The van der Waals surface area contributed by atoms with Gasteiger partial charge in [-0.25, -0.2) is 0 Å². The Labute approximate surface area is 227 Å². The zero-order chi connectivity index (χ0) is 28.3. The summed E-state index contributed by atoms with van der Waals surface area (Å²) in [4.78, 5) is 2.99. The van der Waals surface area contributed by atoms with Crippen molar-refractivity contribution in [1.82, 2.24) is 0 Å². The van der Waals surface area contributed by atoms with Gasteiger partial charge < -0.3 is 8.85 Å². The molecule has 204 valence electrons. The summed E-state index contributed by atoms with van der Waals surface area (Å²) in [5.41, 5.74) is 16.4. The van der Waals surface area contributed by atoms with E-state index in [-0.39, 0.29) is 21.6 Å². The third kappa shape index (κ3) is 8.06. The molecule has 0 saturated heterocycles. The molecule has 0 spiro atoms. The largest absolute Gasteiger partial charge is 0.412 e. The number of benzene rings is 1. The Morgan fingerprint density at radius 2 is 1.68 bits per heavy atom. The van der Waals surface area contributed by atoms with Crippen molar-refractivity contribution in [3.05, 3.63) is 63.2 Å². The lowest BCUT2D eigenvalue weighted by Crippen LogP contribution is -2.48. The van der Waals surface area contributed by atoms with Gasteiger partial charge in [-0.2, -0.15) is 0 Å². The summed E-state index contributed by atoms with van der Waals surface area (Å²) in [6.45, 7) is 28.0. The zero-order valence-electron chi connectivity index (χ0n) is 25.3. The molecule has 0 bridgehead atoms. The molecule has 0 aliphatic heterocycles. The fourth-order valence-electron chi connectivity index (χ4n) is 3.64. The van der Waals surface area contributed by atoms with Crippen molar-refractivity contribution in [2.45, 2.75) is 111 Å². The van der Waals surface area contributed by atoms with Gasteiger partial charge in [-0.3, -0.25) is 0 Å².